The number of nitrogens with two attached hydrogens (primary N) is 1. The lowest BCUT2D eigenvalue weighted by Crippen LogP contribution is -2.24. The first-order valence-electron chi connectivity index (χ1n) is 7.82. The Morgan fingerprint density at radius 1 is 1.35 bits per heavy atom. The van der Waals surface area contributed by atoms with E-state index >= 15 is 0 Å². The summed E-state index contributed by atoms with van der Waals surface area (Å²) in [6.45, 7) is 1.92. The quantitative estimate of drug-likeness (QED) is 0.647. The largest absolute Gasteiger partial charge is 0.380 e. The van der Waals surface area contributed by atoms with Crippen LogP contribution in [-0.4, -0.2) is 27.8 Å². The Bertz CT molecular complexity index is 694. The summed E-state index contributed by atoms with van der Waals surface area (Å²) in [6.07, 6.45) is 3.34. The Hall–Kier alpha value is -2.41. The molecular weight excluding hydrogens is 292 g/mol. The van der Waals surface area contributed by atoms with Crippen LogP contribution in [0.25, 0.3) is 0 Å². The molecule has 0 saturated carbocycles. The number of nitrogens with one attached hydrogen (secondary N) is 1. The van der Waals surface area contributed by atoms with E-state index in [2.05, 4.69) is 25.1 Å². The number of rotatable bonds is 5. The summed E-state index contributed by atoms with van der Waals surface area (Å²) in [7, 11) is 1.67. The van der Waals surface area contributed by atoms with Gasteiger partial charge in [-0.1, -0.05) is 18.2 Å². The van der Waals surface area contributed by atoms with Crippen LogP contribution in [0.15, 0.2) is 29.3 Å². The predicted molar refractivity (Wildman–Crippen MR) is 89.1 cm³/mol. The standard InChI is InChI=1S/C16H22N6O/c1-23-11-12-6-2-3-7-13(12)19-16(17)18-10-15-21-20-14-8-4-5-9-22(14)15/h2-3,6-7H,4-5,8-11H2,1H3,(H3,17,18,19). The third-order valence-corrected chi connectivity index (χ3v) is 3.91. The van der Waals surface area contributed by atoms with Crippen LogP contribution in [0.2, 0.25) is 0 Å². The molecule has 1 aromatic heterocycles. The zero-order valence-electron chi connectivity index (χ0n) is 13.3. The Morgan fingerprint density at radius 3 is 3.09 bits per heavy atom. The van der Waals surface area contributed by atoms with Gasteiger partial charge in [0.15, 0.2) is 11.8 Å². The average Bonchev–Trinajstić information content (AvgIpc) is 2.98. The number of nitrogens with zero attached hydrogens (tertiary/aromatic N) is 4. The van der Waals surface area contributed by atoms with E-state index in [0.717, 1.165) is 35.9 Å². The minimum absolute atomic E-state index is 0.363. The molecule has 7 nitrogen and oxygen atoms in total. The van der Waals surface area contributed by atoms with E-state index in [1.54, 1.807) is 7.11 Å². The second-order valence-electron chi connectivity index (χ2n) is 5.56. The fraction of sp³-hybridized carbons (Fsp3) is 0.438. The summed E-state index contributed by atoms with van der Waals surface area (Å²) in [5.41, 5.74) is 7.94. The van der Waals surface area contributed by atoms with Crippen LogP contribution in [0.5, 0.6) is 0 Å². The number of ether oxygens (including phenoxy) is 1. The number of aromatic nitrogens is 3. The van der Waals surface area contributed by atoms with E-state index < -0.39 is 0 Å². The molecule has 0 unspecified atom stereocenters. The molecule has 0 spiro atoms. The average molecular weight is 314 g/mol. The number of aryl methyl sites for hydroxylation is 1. The van der Waals surface area contributed by atoms with Gasteiger partial charge in [0.2, 0.25) is 0 Å². The predicted octanol–water partition coefficient (Wildman–Crippen LogP) is 1.69. The van der Waals surface area contributed by atoms with Gasteiger partial charge in [0.1, 0.15) is 12.4 Å². The van der Waals surface area contributed by atoms with Crippen molar-refractivity contribution in [1.29, 1.82) is 0 Å². The van der Waals surface area contributed by atoms with Crippen molar-refractivity contribution in [2.24, 2.45) is 10.7 Å². The van der Waals surface area contributed by atoms with Gasteiger partial charge < -0.3 is 20.4 Å². The van der Waals surface area contributed by atoms with Crippen molar-refractivity contribution >= 4 is 11.6 Å². The topological polar surface area (TPSA) is 90.3 Å². The van der Waals surface area contributed by atoms with E-state index in [4.69, 9.17) is 10.5 Å². The smallest absolute Gasteiger partial charge is 0.193 e. The number of anilines is 1. The number of benzene rings is 1. The third kappa shape index (κ3) is 3.68. The van der Waals surface area contributed by atoms with Crippen molar-refractivity contribution in [3.8, 4) is 0 Å². The van der Waals surface area contributed by atoms with Gasteiger partial charge in [-0.05, 0) is 18.9 Å². The molecule has 0 atom stereocenters. The zero-order chi connectivity index (χ0) is 16.1. The zero-order valence-corrected chi connectivity index (χ0v) is 13.3. The molecule has 0 fully saturated rings. The number of hydrogen-bond donors (Lipinski definition) is 2. The molecule has 3 rings (SSSR count). The first-order chi connectivity index (χ1) is 11.3. The maximum atomic E-state index is 6.00. The fourth-order valence-corrected chi connectivity index (χ4v) is 2.74. The van der Waals surface area contributed by atoms with Crippen LogP contribution >= 0.6 is 0 Å². The van der Waals surface area contributed by atoms with Gasteiger partial charge in [-0.15, -0.1) is 10.2 Å². The first kappa shape index (κ1) is 15.5. The van der Waals surface area contributed by atoms with Gasteiger partial charge in [0.05, 0.1) is 6.61 Å². The SMILES string of the molecule is COCc1ccccc1NC(N)=NCc1nnc2n1CCCC2. The minimum Gasteiger partial charge on any atom is -0.380 e. The minimum atomic E-state index is 0.363. The molecule has 7 heteroatoms. The van der Waals surface area contributed by atoms with Gasteiger partial charge >= 0.3 is 0 Å². The molecule has 0 aliphatic carbocycles. The number of aliphatic imine (C=N–C) groups is 1. The van der Waals surface area contributed by atoms with E-state index in [1.165, 1.54) is 12.8 Å². The number of fused-ring (bicyclic) bond motifs is 1. The van der Waals surface area contributed by atoms with E-state index in [0.29, 0.717) is 19.1 Å². The molecule has 1 aromatic carbocycles. The molecule has 0 amide bonds. The van der Waals surface area contributed by atoms with Crippen molar-refractivity contribution in [2.45, 2.75) is 39.0 Å². The Morgan fingerprint density at radius 2 is 2.22 bits per heavy atom. The van der Waals surface area contributed by atoms with Crippen molar-refractivity contribution in [3.63, 3.8) is 0 Å². The highest BCUT2D eigenvalue weighted by Gasteiger charge is 2.15. The second kappa shape index (κ2) is 7.23. The molecular formula is C16H22N6O. The highest BCUT2D eigenvalue weighted by Crippen LogP contribution is 2.16. The monoisotopic (exact) mass is 314 g/mol. The van der Waals surface area contributed by atoms with E-state index in [9.17, 15) is 0 Å². The Balaban J connectivity index is 1.68. The van der Waals surface area contributed by atoms with Crippen molar-refractivity contribution < 1.29 is 4.74 Å². The molecule has 122 valence electrons. The van der Waals surface area contributed by atoms with Gasteiger partial charge in [-0.3, -0.25) is 0 Å². The molecule has 1 aliphatic rings. The molecule has 1 aliphatic heterocycles. The summed E-state index contributed by atoms with van der Waals surface area (Å²) in [6, 6.07) is 7.86. The van der Waals surface area contributed by atoms with Crippen LogP contribution in [-0.2, 0) is 30.9 Å². The maximum Gasteiger partial charge on any atom is 0.193 e. The molecule has 2 heterocycles. The van der Waals surface area contributed by atoms with Crippen LogP contribution in [0.3, 0.4) is 0 Å². The summed E-state index contributed by atoms with van der Waals surface area (Å²) >= 11 is 0. The molecule has 2 aromatic rings. The van der Waals surface area contributed by atoms with Crippen LogP contribution < -0.4 is 11.1 Å². The first-order valence-corrected chi connectivity index (χ1v) is 7.82. The number of para-hydroxylation sites is 1. The van der Waals surface area contributed by atoms with Gasteiger partial charge in [-0.25, -0.2) is 4.99 Å². The van der Waals surface area contributed by atoms with Crippen LogP contribution in [0.4, 0.5) is 5.69 Å². The number of guanidine groups is 1. The van der Waals surface area contributed by atoms with Crippen molar-refractivity contribution in [2.75, 3.05) is 12.4 Å². The highest BCUT2D eigenvalue weighted by atomic mass is 16.5. The lowest BCUT2D eigenvalue weighted by molar-refractivity contribution is 0.185. The van der Waals surface area contributed by atoms with Gasteiger partial charge in [0, 0.05) is 31.3 Å². The molecule has 0 saturated heterocycles. The Kier molecular flexibility index (Phi) is 4.87. The molecule has 23 heavy (non-hydrogen) atoms. The van der Waals surface area contributed by atoms with Crippen LogP contribution in [0, 0.1) is 0 Å². The summed E-state index contributed by atoms with van der Waals surface area (Å²) < 4.78 is 7.34. The molecule has 0 radical (unpaired) electrons. The van der Waals surface area contributed by atoms with E-state index in [-0.39, 0.29) is 0 Å². The number of methoxy groups -OCH3 is 1. The summed E-state index contributed by atoms with van der Waals surface area (Å²) in [5.74, 6) is 2.29. The van der Waals surface area contributed by atoms with Crippen molar-refractivity contribution in [3.05, 3.63) is 41.5 Å². The molecule has 3 N–H and O–H groups in total. The highest BCUT2D eigenvalue weighted by molar-refractivity contribution is 5.92. The van der Waals surface area contributed by atoms with Gasteiger partial charge in [-0.2, -0.15) is 0 Å². The molecule has 0 bridgehead atoms. The number of hydrogen-bond acceptors (Lipinski definition) is 4. The summed E-state index contributed by atoms with van der Waals surface area (Å²) in [4.78, 5) is 4.39. The third-order valence-electron chi connectivity index (χ3n) is 3.91. The normalized spacial score (nSPS) is 14.6. The summed E-state index contributed by atoms with van der Waals surface area (Å²) in [5, 5.41) is 11.6. The van der Waals surface area contributed by atoms with E-state index in [1.807, 2.05) is 24.3 Å². The maximum absolute atomic E-state index is 6.00. The van der Waals surface area contributed by atoms with Crippen LogP contribution in [0.1, 0.15) is 30.1 Å². The second-order valence-corrected chi connectivity index (χ2v) is 5.56. The Labute approximate surface area is 135 Å². The fourth-order valence-electron chi connectivity index (χ4n) is 2.74. The lowest BCUT2D eigenvalue weighted by Gasteiger charge is -2.14. The van der Waals surface area contributed by atoms with Gasteiger partial charge in [0.25, 0.3) is 0 Å². The lowest BCUT2D eigenvalue weighted by atomic mass is 10.2. The van der Waals surface area contributed by atoms with Crippen molar-refractivity contribution in [1.82, 2.24) is 14.8 Å².